The van der Waals surface area contributed by atoms with Crippen molar-refractivity contribution in [1.82, 2.24) is 10.2 Å². The number of rotatable bonds is 5. The zero-order valence-electron chi connectivity index (χ0n) is 16.4. The minimum absolute atomic E-state index is 0.0118. The molecule has 2 heterocycles. The lowest BCUT2D eigenvalue weighted by atomic mass is 9.89. The van der Waals surface area contributed by atoms with E-state index in [-0.39, 0.29) is 18.0 Å². The molecule has 2 aromatic rings. The van der Waals surface area contributed by atoms with Crippen molar-refractivity contribution in [3.63, 3.8) is 0 Å². The van der Waals surface area contributed by atoms with Crippen LogP contribution in [0.2, 0.25) is 0 Å². The van der Waals surface area contributed by atoms with Crippen molar-refractivity contribution < 1.29 is 9.53 Å². The average Bonchev–Trinajstić information content (AvgIpc) is 3.18. The van der Waals surface area contributed by atoms with E-state index in [1.165, 1.54) is 5.56 Å². The molecular weight excluding hydrogens is 350 g/mol. The maximum absolute atomic E-state index is 13.0. The third-order valence-electron chi connectivity index (χ3n) is 6.20. The number of para-hydroxylation sites is 1. The first-order chi connectivity index (χ1) is 13.7. The van der Waals surface area contributed by atoms with Crippen molar-refractivity contribution in [3.8, 4) is 5.75 Å². The molecule has 5 heteroatoms. The molecule has 2 unspecified atom stereocenters. The second kappa shape index (κ2) is 8.33. The number of amides is 1. The molecule has 28 heavy (non-hydrogen) atoms. The molecule has 3 N–H and O–H groups in total. The van der Waals surface area contributed by atoms with Gasteiger partial charge in [0.05, 0.1) is 18.7 Å². The van der Waals surface area contributed by atoms with Crippen LogP contribution in [0.4, 0.5) is 0 Å². The highest BCUT2D eigenvalue weighted by Crippen LogP contribution is 2.34. The van der Waals surface area contributed by atoms with E-state index in [9.17, 15) is 4.79 Å². The predicted molar refractivity (Wildman–Crippen MR) is 110 cm³/mol. The van der Waals surface area contributed by atoms with E-state index in [1.807, 2.05) is 37.3 Å². The van der Waals surface area contributed by atoms with Gasteiger partial charge in [-0.1, -0.05) is 48.5 Å². The molecule has 0 bridgehead atoms. The Bertz CT molecular complexity index is 811. The first kappa shape index (κ1) is 19.0. The van der Waals surface area contributed by atoms with Gasteiger partial charge in [0.1, 0.15) is 5.75 Å². The molecule has 2 aliphatic heterocycles. The third-order valence-corrected chi connectivity index (χ3v) is 6.20. The summed E-state index contributed by atoms with van der Waals surface area (Å²) in [5.74, 6) is 1.71. The summed E-state index contributed by atoms with van der Waals surface area (Å²) in [6.45, 7) is 4.99. The first-order valence-corrected chi connectivity index (χ1v) is 10.2. The van der Waals surface area contributed by atoms with E-state index < -0.39 is 0 Å². The summed E-state index contributed by atoms with van der Waals surface area (Å²) in [6, 6.07) is 18.3. The van der Waals surface area contributed by atoms with E-state index in [2.05, 4.69) is 34.5 Å². The van der Waals surface area contributed by atoms with Crippen LogP contribution in [0.3, 0.4) is 0 Å². The van der Waals surface area contributed by atoms with Crippen molar-refractivity contribution in [2.45, 2.75) is 31.3 Å². The first-order valence-electron chi connectivity index (χ1n) is 10.2. The van der Waals surface area contributed by atoms with Gasteiger partial charge >= 0.3 is 0 Å². The molecule has 4 rings (SSSR count). The van der Waals surface area contributed by atoms with Crippen molar-refractivity contribution in [2.24, 2.45) is 11.7 Å². The maximum atomic E-state index is 13.0. The topological polar surface area (TPSA) is 67.6 Å². The molecule has 5 nitrogen and oxygen atoms in total. The van der Waals surface area contributed by atoms with E-state index >= 15 is 0 Å². The molecule has 2 aliphatic rings. The van der Waals surface area contributed by atoms with Gasteiger partial charge in [-0.2, -0.15) is 0 Å². The smallest absolute Gasteiger partial charge is 0.237 e. The molecule has 0 spiro atoms. The predicted octanol–water partition coefficient (Wildman–Crippen LogP) is 2.69. The van der Waals surface area contributed by atoms with E-state index in [1.54, 1.807) is 0 Å². The summed E-state index contributed by atoms with van der Waals surface area (Å²) in [7, 11) is 0. The summed E-state index contributed by atoms with van der Waals surface area (Å²) in [6.07, 6.45) is 0.799. The Morgan fingerprint density at radius 2 is 1.93 bits per heavy atom. The number of nitrogens with two attached hydrogens (primary N) is 1. The number of carbonyl (C=O) groups excluding carboxylic acids is 1. The number of ether oxygens (including phenoxy) is 1. The summed E-state index contributed by atoms with van der Waals surface area (Å²) in [5, 5.41) is 3.25. The monoisotopic (exact) mass is 379 g/mol. The van der Waals surface area contributed by atoms with E-state index in [0.29, 0.717) is 25.0 Å². The summed E-state index contributed by atoms with van der Waals surface area (Å²) < 4.78 is 5.71. The Morgan fingerprint density at radius 1 is 1.18 bits per heavy atom. The van der Waals surface area contributed by atoms with Gasteiger partial charge in [-0.3, -0.25) is 9.69 Å². The Labute approximate surface area is 166 Å². The number of nitrogens with one attached hydrogen (secondary N) is 1. The largest absolute Gasteiger partial charge is 0.493 e. The van der Waals surface area contributed by atoms with Crippen molar-refractivity contribution in [2.75, 3.05) is 26.2 Å². The average molecular weight is 380 g/mol. The van der Waals surface area contributed by atoms with Crippen LogP contribution < -0.4 is 15.8 Å². The summed E-state index contributed by atoms with van der Waals surface area (Å²) >= 11 is 0. The number of benzene rings is 2. The highest BCUT2D eigenvalue weighted by atomic mass is 16.5. The molecule has 1 fully saturated rings. The quantitative estimate of drug-likeness (QED) is 0.838. The Balaban J connectivity index is 1.43. The number of likely N-dealkylation sites (tertiary alicyclic amines) is 1. The van der Waals surface area contributed by atoms with Crippen LogP contribution in [-0.2, 0) is 4.79 Å². The van der Waals surface area contributed by atoms with Gasteiger partial charge in [-0.25, -0.2) is 0 Å². The molecule has 0 saturated carbocycles. The van der Waals surface area contributed by atoms with Crippen molar-refractivity contribution >= 4 is 5.91 Å². The number of carbonyl (C=O) groups is 1. The fourth-order valence-electron chi connectivity index (χ4n) is 4.49. The minimum Gasteiger partial charge on any atom is -0.493 e. The lowest BCUT2D eigenvalue weighted by Crippen LogP contribution is -2.46. The van der Waals surface area contributed by atoms with Gasteiger partial charge in [0, 0.05) is 31.0 Å². The molecule has 0 aliphatic carbocycles. The van der Waals surface area contributed by atoms with Gasteiger partial charge in [0.2, 0.25) is 5.91 Å². The number of nitrogens with zero attached hydrogens (tertiary/aromatic N) is 1. The van der Waals surface area contributed by atoms with Crippen LogP contribution >= 0.6 is 0 Å². The van der Waals surface area contributed by atoms with Crippen molar-refractivity contribution in [1.29, 1.82) is 0 Å². The summed E-state index contributed by atoms with van der Waals surface area (Å²) in [5.41, 5.74) is 8.44. The number of hydrogen-bond donors (Lipinski definition) is 2. The van der Waals surface area contributed by atoms with Gasteiger partial charge in [-0.05, 0) is 31.0 Å². The van der Waals surface area contributed by atoms with Crippen LogP contribution in [0.5, 0.6) is 5.75 Å². The van der Waals surface area contributed by atoms with Crippen LogP contribution in [0, 0.1) is 5.92 Å². The van der Waals surface area contributed by atoms with Crippen LogP contribution in [-0.4, -0.2) is 43.1 Å². The third kappa shape index (κ3) is 3.77. The lowest BCUT2D eigenvalue weighted by molar-refractivity contribution is -0.126. The van der Waals surface area contributed by atoms with Gasteiger partial charge in [-0.15, -0.1) is 0 Å². The van der Waals surface area contributed by atoms with Gasteiger partial charge in [0.25, 0.3) is 0 Å². The summed E-state index contributed by atoms with van der Waals surface area (Å²) in [4.78, 5) is 15.3. The highest BCUT2D eigenvalue weighted by Gasteiger charge is 2.37. The number of hydrogen-bond acceptors (Lipinski definition) is 4. The molecule has 148 valence electrons. The highest BCUT2D eigenvalue weighted by molar-refractivity contribution is 5.82. The van der Waals surface area contributed by atoms with Gasteiger partial charge < -0.3 is 15.8 Å². The lowest BCUT2D eigenvalue weighted by Gasteiger charge is -2.30. The standard InChI is InChI=1S/C23H29N3O2/c1-16(23(27)25-21-11-12-28-22-10-6-5-9-19(21)22)26-14-18(13-24)20(15-26)17-7-3-2-4-8-17/h2-10,16,18,20-21H,11-15,24H2,1H3,(H,25,27)/t16?,18-,20+,21?/m1/s1. The van der Waals surface area contributed by atoms with Crippen LogP contribution in [0.15, 0.2) is 54.6 Å². The Morgan fingerprint density at radius 3 is 2.71 bits per heavy atom. The molecule has 1 saturated heterocycles. The molecular formula is C23H29N3O2. The maximum Gasteiger partial charge on any atom is 0.237 e. The number of fused-ring (bicyclic) bond motifs is 1. The zero-order chi connectivity index (χ0) is 19.5. The Hall–Kier alpha value is -2.37. The van der Waals surface area contributed by atoms with Crippen LogP contribution in [0.1, 0.15) is 36.4 Å². The molecule has 2 aromatic carbocycles. The van der Waals surface area contributed by atoms with Gasteiger partial charge in [0.15, 0.2) is 0 Å². The molecule has 0 aromatic heterocycles. The second-order valence-corrected chi connectivity index (χ2v) is 7.88. The fourth-order valence-corrected chi connectivity index (χ4v) is 4.49. The zero-order valence-corrected chi connectivity index (χ0v) is 16.4. The van der Waals surface area contributed by atoms with Crippen LogP contribution in [0.25, 0.3) is 0 Å². The minimum atomic E-state index is -0.183. The second-order valence-electron chi connectivity index (χ2n) is 7.88. The van der Waals surface area contributed by atoms with E-state index in [0.717, 1.165) is 30.8 Å². The van der Waals surface area contributed by atoms with Crippen molar-refractivity contribution in [3.05, 3.63) is 65.7 Å². The Kier molecular flexibility index (Phi) is 5.64. The van der Waals surface area contributed by atoms with E-state index in [4.69, 9.17) is 10.5 Å². The fraction of sp³-hybridized carbons (Fsp3) is 0.435. The molecule has 0 radical (unpaired) electrons. The molecule has 4 atom stereocenters. The normalized spacial score (nSPS) is 25.6. The SMILES string of the molecule is CC(C(=O)NC1CCOc2ccccc21)N1C[C@@H](CN)[C@H](c2ccccc2)C1. The molecule has 1 amide bonds.